The van der Waals surface area contributed by atoms with Gasteiger partial charge in [-0.05, 0) is 44.1 Å². The summed E-state index contributed by atoms with van der Waals surface area (Å²) >= 11 is 7.71. The molecule has 1 fully saturated rings. The van der Waals surface area contributed by atoms with Crippen LogP contribution in [0.15, 0.2) is 11.3 Å². The van der Waals surface area contributed by atoms with E-state index in [4.69, 9.17) is 12.2 Å². The van der Waals surface area contributed by atoms with Crippen LogP contribution in [0.1, 0.15) is 70.6 Å². The third kappa shape index (κ3) is 2.62. The Hall–Kier alpha value is -0.0200. The van der Waals surface area contributed by atoms with E-state index in [9.17, 15) is 0 Å². The molecule has 0 radical (unpaired) electrons. The van der Waals surface area contributed by atoms with Crippen LogP contribution in [0, 0.1) is 0 Å². The van der Waals surface area contributed by atoms with E-state index in [0.717, 1.165) is 0 Å². The first-order valence-electron chi connectivity index (χ1n) is 7.53. The quantitative estimate of drug-likeness (QED) is 0.633. The van der Waals surface area contributed by atoms with E-state index in [1.165, 1.54) is 86.1 Å². The number of nitrogens with one attached hydrogen (secondary N) is 1. The summed E-state index contributed by atoms with van der Waals surface area (Å²) in [6.07, 6.45) is 14.6. The van der Waals surface area contributed by atoms with Crippen molar-refractivity contribution in [1.29, 1.82) is 0 Å². The molecule has 1 N–H and O–H groups in total. The van der Waals surface area contributed by atoms with Crippen LogP contribution < -0.4 is 5.32 Å². The number of hydrogen-bond acceptors (Lipinski definition) is 3. The molecule has 3 rings (SSSR count). The zero-order valence-electron chi connectivity index (χ0n) is 11.1. The van der Waals surface area contributed by atoms with Crippen molar-refractivity contribution in [2.45, 2.75) is 75.5 Å². The molecule has 1 spiro atoms. The number of allylic oxidation sites excluding steroid dienone is 1. The van der Waals surface area contributed by atoms with Gasteiger partial charge in [-0.25, -0.2) is 0 Å². The van der Waals surface area contributed by atoms with Crippen LogP contribution in [0.25, 0.3) is 0 Å². The van der Waals surface area contributed by atoms with Gasteiger partial charge in [-0.1, -0.05) is 56.1 Å². The summed E-state index contributed by atoms with van der Waals surface area (Å²) in [7, 11) is 0. The Balaban J connectivity index is 1.84. The second-order valence-corrected chi connectivity index (χ2v) is 8.00. The molecule has 0 aromatic carbocycles. The molecular formula is C15H23NS2. The molecule has 3 aliphatic rings. The van der Waals surface area contributed by atoms with Crippen molar-refractivity contribution in [3.05, 3.63) is 11.3 Å². The van der Waals surface area contributed by atoms with Crippen molar-refractivity contribution in [3.8, 4) is 0 Å². The van der Waals surface area contributed by atoms with E-state index < -0.39 is 0 Å². The fourth-order valence-corrected chi connectivity index (χ4v) is 5.59. The van der Waals surface area contributed by atoms with E-state index >= 15 is 0 Å². The fraction of sp³-hybridized carbons (Fsp3) is 0.800. The van der Waals surface area contributed by atoms with Gasteiger partial charge in [0.15, 0.2) is 0 Å². The highest BCUT2D eigenvalue weighted by Gasteiger charge is 2.38. The number of rotatable bonds is 0. The van der Waals surface area contributed by atoms with E-state index in [1.807, 2.05) is 11.8 Å². The fourth-order valence-electron chi connectivity index (χ4n) is 3.51. The van der Waals surface area contributed by atoms with Gasteiger partial charge >= 0.3 is 0 Å². The van der Waals surface area contributed by atoms with Crippen LogP contribution in [0.5, 0.6) is 0 Å². The first kappa shape index (κ1) is 13.0. The van der Waals surface area contributed by atoms with Crippen LogP contribution in [-0.2, 0) is 0 Å². The summed E-state index contributed by atoms with van der Waals surface area (Å²) in [5.41, 5.74) is 3.00. The van der Waals surface area contributed by atoms with Gasteiger partial charge in [0.1, 0.15) is 0 Å². The lowest BCUT2D eigenvalue weighted by atomic mass is 10.0. The zero-order chi connectivity index (χ0) is 12.4. The number of thioether (sulfide) groups is 1. The van der Waals surface area contributed by atoms with Crippen LogP contribution in [0.2, 0.25) is 0 Å². The third-order valence-electron chi connectivity index (χ3n) is 4.54. The molecule has 0 saturated heterocycles. The summed E-state index contributed by atoms with van der Waals surface area (Å²) in [4.78, 5) is 0.261. The molecule has 1 heterocycles. The van der Waals surface area contributed by atoms with Crippen LogP contribution in [0.4, 0.5) is 0 Å². The molecule has 100 valence electrons. The van der Waals surface area contributed by atoms with Gasteiger partial charge in [0.2, 0.25) is 0 Å². The Morgan fingerprint density at radius 3 is 2.33 bits per heavy atom. The summed E-state index contributed by atoms with van der Waals surface area (Å²) in [5, 5.41) is 3.94. The van der Waals surface area contributed by atoms with Crippen molar-refractivity contribution in [3.63, 3.8) is 0 Å². The van der Waals surface area contributed by atoms with Crippen LogP contribution >= 0.6 is 24.0 Å². The molecule has 0 unspecified atom stereocenters. The molecule has 0 bridgehead atoms. The SMILES string of the molecule is S=C1SC2(CCCCCC2)NC2=C1CCCCC2. The van der Waals surface area contributed by atoms with Crippen LogP contribution in [-0.4, -0.2) is 9.07 Å². The van der Waals surface area contributed by atoms with E-state index in [1.54, 1.807) is 0 Å². The van der Waals surface area contributed by atoms with E-state index in [0.29, 0.717) is 0 Å². The highest BCUT2D eigenvalue weighted by Crippen LogP contribution is 2.45. The van der Waals surface area contributed by atoms with Crippen molar-refractivity contribution >= 4 is 28.2 Å². The van der Waals surface area contributed by atoms with E-state index in [-0.39, 0.29) is 4.87 Å². The second-order valence-electron chi connectivity index (χ2n) is 5.94. The minimum atomic E-state index is 0.261. The predicted octanol–water partition coefficient (Wildman–Crippen LogP) is 4.92. The van der Waals surface area contributed by atoms with Gasteiger partial charge in [0, 0.05) is 5.70 Å². The van der Waals surface area contributed by atoms with Gasteiger partial charge in [0.05, 0.1) is 9.07 Å². The maximum atomic E-state index is 5.73. The van der Waals surface area contributed by atoms with Gasteiger partial charge in [0.25, 0.3) is 0 Å². The largest absolute Gasteiger partial charge is 0.373 e. The zero-order valence-corrected chi connectivity index (χ0v) is 12.7. The Kier molecular flexibility index (Phi) is 4.00. The summed E-state index contributed by atoms with van der Waals surface area (Å²) in [6, 6.07) is 0. The van der Waals surface area contributed by atoms with Gasteiger partial charge in [-0.15, -0.1) is 0 Å². The Bertz CT molecular complexity index is 365. The highest BCUT2D eigenvalue weighted by molar-refractivity contribution is 8.24. The van der Waals surface area contributed by atoms with Crippen molar-refractivity contribution in [1.82, 2.24) is 5.32 Å². The average molecular weight is 281 g/mol. The van der Waals surface area contributed by atoms with Gasteiger partial charge < -0.3 is 5.32 Å². The molecular weight excluding hydrogens is 258 g/mol. The first-order valence-corrected chi connectivity index (χ1v) is 8.75. The maximum Gasteiger partial charge on any atom is 0.0885 e. The molecule has 0 atom stereocenters. The van der Waals surface area contributed by atoms with Gasteiger partial charge in [-0.3, -0.25) is 0 Å². The molecule has 3 heteroatoms. The molecule has 0 aromatic rings. The summed E-state index contributed by atoms with van der Waals surface area (Å²) < 4.78 is 1.22. The molecule has 1 saturated carbocycles. The lowest BCUT2D eigenvalue weighted by Crippen LogP contribution is -2.45. The summed E-state index contributed by atoms with van der Waals surface area (Å²) in [6.45, 7) is 0. The molecule has 0 aromatic heterocycles. The first-order chi connectivity index (χ1) is 8.79. The minimum absolute atomic E-state index is 0.261. The lowest BCUT2D eigenvalue weighted by molar-refractivity contribution is 0.443. The molecule has 2 aliphatic carbocycles. The monoisotopic (exact) mass is 281 g/mol. The molecule has 0 amide bonds. The lowest BCUT2D eigenvalue weighted by Gasteiger charge is -2.40. The number of thiocarbonyl (C=S) groups is 1. The predicted molar refractivity (Wildman–Crippen MR) is 83.9 cm³/mol. The van der Waals surface area contributed by atoms with Gasteiger partial charge in [-0.2, -0.15) is 0 Å². The highest BCUT2D eigenvalue weighted by atomic mass is 32.2. The third-order valence-corrected chi connectivity index (χ3v) is 6.37. The standard InChI is InChI=1S/C15H23NS2/c17-14-12-8-4-3-5-9-13(12)16-15(18-14)10-6-1-2-7-11-15/h16H,1-11H2. The average Bonchev–Trinajstić information content (AvgIpc) is 2.70. The Morgan fingerprint density at radius 1 is 0.889 bits per heavy atom. The molecule has 18 heavy (non-hydrogen) atoms. The summed E-state index contributed by atoms with van der Waals surface area (Å²) in [5.74, 6) is 0. The normalized spacial score (nSPS) is 28.3. The van der Waals surface area contributed by atoms with Crippen molar-refractivity contribution in [2.24, 2.45) is 0 Å². The maximum absolute atomic E-state index is 5.73. The molecule has 1 nitrogen and oxygen atoms in total. The Labute approximate surface area is 120 Å². The number of hydrogen-bond donors (Lipinski definition) is 1. The molecule has 1 aliphatic heterocycles. The van der Waals surface area contributed by atoms with Crippen molar-refractivity contribution < 1.29 is 0 Å². The second kappa shape index (κ2) is 5.54. The van der Waals surface area contributed by atoms with Crippen molar-refractivity contribution in [2.75, 3.05) is 0 Å². The Morgan fingerprint density at radius 2 is 1.56 bits per heavy atom. The topological polar surface area (TPSA) is 12.0 Å². The van der Waals surface area contributed by atoms with E-state index in [2.05, 4.69) is 5.32 Å². The minimum Gasteiger partial charge on any atom is -0.373 e. The van der Waals surface area contributed by atoms with Crippen LogP contribution in [0.3, 0.4) is 0 Å². The smallest absolute Gasteiger partial charge is 0.0885 e.